The first-order valence-corrected chi connectivity index (χ1v) is 4.54. The van der Waals surface area contributed by atoms with E-state index < -0.39 is 0 Å². The highest BCUT2D eigenvalue weighted by Crippen LogP contribution is 1.90. The van der Waals surface area contributed by atoms with E-state index in [1.807, 2.05) is 6.92 Å². The third-order valence-electron chi connectivity index (χ3n) is 1.99. The van der Waals surface area contributed by atoms with Crippen LogP contribution in [0.25, 0.3) is 0 Å². The number of amides is 1. The quantitative estimate of drug-likeness (QED) is 0.667. The Morgan fingerprint density at radius 3 is 2.50 bits per heavy atom. The summed E-state index contributed by atoms with van der Waals surface area (Å²) >= 11 is 0. The summed E-state index contributed by atoms with van der Waals surface area (Å²) in [5.41, 5.74) is 0. The fourth-order valence-corrected chi connectivity index (χ4v) is 0.755. The van der Waals surface area contributed by atoms with E-state index >= 15 is 0 Å². The minimum atomic E-state index is 0.132. The molecule has 0 aliphatic rings. The second-order valence-electron chi connectivity index (χ2n) is 3.28. The molecular weight excluding hydrogens is 152 g/mol. The highest BCUT2D eigenvalue weighted by Gasteiger charge is 2.02. The van der Waals surface area contributed by atoms with Gasteiger partial charge in [0.25, 0.3) is 0 Å². The van der Waals surface area contributed by atoms with Crippen molar-refractivity contribution >= 4 is 5.91 Å². The van der Waals surface area contributed by atoms with Gasteiger partial charge in [-0.2, -0.15) is 0 Å². The van der Waals surface area contributed by atoms with Crippen LogP contribution in [0.5, 0.6) is 0 Å². The summed E-state index contributed by atoms with van der Waals surface area (Å²) in [6, 6.07) is 0.545. The summed E-state index contributed by atoms with van der Waals surface area (Å²) in [6.45, 7) is 7.82. The van der Waals surface area contributed by atoms with Gasteiger partial charge in [-0.05, 0) is 20.9 Å². The molecule has 0 radical (unpaired) electrons. The van der Waals surface area contributed by atoms with Gasteiger partial charge in [-0.15, -0.1) is 0 Å². The lowest BCUT2D eigenvalue weighted by Gasteiger charge is -2.20. The van der Waals surface area contributed by atoms with Gasteiger partial charge in [0.15, 0.2) is 0 Å². The number of hydrogen-bond donors (Lipinski definition) is 1. The summed E-state index contributed by atoms with van der Waals surface area (Å²) in [7, 11) is 2.06. The summed E-state index contributed by atoms with van der Waals surface area (Å²) in [5.74, 6) is 0.132. The smallest absolute Gasteiger partial charge is 0.219 e. The first-order chi connectivity index (χ1) is 5.57. The average Bonchev–Trinajstić information content (AvgIpc) is 2.03. The Balaban J connectivity index is 3.37. The largest absolute Gasteiger partial charge is 0.355 e. The highest BCUT2D eigenvalue weighted by atomic mass is 16.1. The maximum Gasteiger partial charge on any atom is 0.219 e. The monoisotopic (exact) mass is 172 g/mol. The molecule has 1 amide bonds. The predicted octanol–water partition coefficient (Wildman–Crippen LogP) is 0.853. The number of nitrogens with zero attached hydrogens (tertiary/aromatic N) is 1. The van der Waals surface area contributed by atoms with Gasteiger partial charge in [0.2, 0.25) is 5.91 Å². The number of rotatable bonds is 5. The van der Waals surface area contributed by atoms with Gasteiger partial charge in [0, 0.05) is 25.6 Å². The Labute approximate surface area is 75.1 Å². The van der Waals surface area contributed by atoms with Crippen LogP contribution in [0.3, 0.4) is 0 Å². The van der Waals surface area contributed by atoms with Crippen LogP contribution in [0.4, 0.5) is 0 Å². The number of carbonyl (C=O) groups is 1. The van der Waals surface area contributed by atoms with Gasteiger partial charge in [0.1, 0.15) is 0 Å². The number of carbonyl (C=O) groups excluding carboxylic acids is 1. The molecule has 0 aliphatic heterocycles. The molecule has 0 aromatic carbocycles. The van der Waals surface area contributed by atoms with E-state index in [-0.39, 0.29) is 5.91 Å². The van der Waals surface area contributed by atoms with Gasteiger partial charge < -0.3 is 10.2 Å². The Kier molecular flexibility index (Phi) is 5.72. The lowest BCUT2D eigenvalue weighted by Crippen LogP contribution is -2.35. The minimum absolute atomic E-state index is 0.132. The molecule has 72 valence electrons. The molecule has 0 fully saturated rings. The molecule has 0 saturated heterocycles. The molecule has 0 saturated carbocycles. The van der Waals surface area contributed by atoms with Crippen molar-refractivity contribution in [2.24, 2.45) is 0 Å². The van der Waals surface area contributed by atoms with E-state index in [0.717, 1.165) is 13.1 Å². The maximum atomic E-state index is 10.8. The van der Waals surface area contributed by atoms with Crippen LogP contribution in [-0.4, -0.2) is 37.0 Å². The molecule has 0 atom stereocenters. The van der Waals surface area contributed by atoms with Crippen molar-refractivity contribution in [3.05, 3.63) is 0 Å². The van der Waals surface area contributed by atoms with Crippen molar-refractivity contribution in [1.82, 2.24) is 10.2 Å². The van der Waals surface area contributed by atoms with Crippen LogP contribution >= 0.6 is 0 Å². The second kappa shape index (κ2) is 6.00. The molecule has 0 aromatic rings. The molecule has 1 N–H and O–H groups in total. The van der Waals surface area contributed by atoms with Crippen molar-refractivity contribution in [3.8, 4) is 0 Å². The van der Waals surface area contributed by atoms with Crippen molar-refractivity contribution in [2.75, 3.05) is 20.1 Å². The van der Waals surface area contributed by atoms with Crippen LogP contribution in [0.15, 0.2) is 0 Å². The fraction of sp³-hybridized carbons (Fsp3) is 0.889. The molecular formula is C9H20N2O. The maximum absolute atomic E-state index is 10.8. The zero-order chi connectivity index (χ0) is 9.56. The van der Waals surface area contributed by atoms with Crippen molar-refractivity contribution in [3.63, 3.8) is 0 Å². The molecule has 3 nitrogen and oxygen atoms in total. The van der Waals surface area contributed by atoms with E-state index in [0.29, 0.717) is 12.5 Å². The van der Waals surface area contributed by atoms with Gasteiger partial charge in [-0.3, -0.25) is 4.79 Å². The van der Waals surface area contributed by atoms with Gasteiger partial charge >= 0.3 is 0 Å². The van der Waals surface area contributed by atoms with E-state index in [4.69, 9.17) is 0 Å². The van der Waals surface area contributed by atoms with Crippen molar-refractivity contribution in [1.29, 1.82) is 0 Å². The first-order valence-electron chi connectivity index (χ1n) is 4.54. The van der Waals surface area contributed by atoms with Crippen molar-refractivity contribution in [2.45, 2.75) is 33.2 Å². The Hall–Kier alpha value is -0.570. The first kappa shape index (κ1) is 11.4. The average molecular weight is 172 g/mol. The lowest BCUT2D eigenvalue weighted by atomic mass is 10.3. The number of likely N-dealkylation sites (N-methyl/N-ethyl adjacent to an activating group) is 1. The number of hydrogen-bond acceptors (Lipinski definition) is 2. The Bertz CT molecular complexity index is 134. The van der Waals surface area contributed by atoms with E-state index in [2.05, 4.69) is 31.1 Å². The molecule has 0 heterocycles. The molecule has 0 bridgehead atoms. The second-order valence-corrected chi connectivity index (χ2v) is 3.28. The van der Waals surface area contributed by atoms with E-state index in [9.17, 15) is 4.79 Å². The van der Waals surface area contributed by atoms with Crippen LogP contribution in [0.1, 0.15) is 27.2 Å². The summed E-state index contributed by atoms with van der Waals surface area (Å²) in [5, 5.41) is 2.84. The third kappa shape index (κ3) is 5.13. The van der Waals surface area contributed by atoms with Crippen LogP contribution < -0.4 is 5.32 Å². The molecule has 0 aliphatic carbocycles. The predicted molar refractivity (Wildman–Crippen MR) is 51.1 cm³/mol. The molecule has 0 rings (SSSR count). The zero-order valence-corrected chi connectivity index (χ0v) is 8.55. The molecule has 12 heavy (non-hydrogen) atoms. The SMILES string of the molecule is CCC(=O)NCCN(C)C(C)C. The van der Waals surface area contributed by atoms with E-state index in [1.165, 1.54) is 0 Å². The highest BCUT2D eigenvalue weighted by molar-refractivity contribution is 5.75. The van der Waals surface area contributed by atoms with Gasteiger partial charge in [-0.25, -0.2) is 0 Å². The van der Waals surface area contributed by atoms with Crippen molar-refractivity contribution < 1.29 is 4.79 Å². The van der Waals surface area contributed by atoms with Crippen LogP contribution in [-0.2, 0) is 4.79 Å². The van der Waals surface area contributed by atoms with Crippen LogP contribution in [0.2, 0.25) is 0 Å². The normalized spacial score (nSPS) is 10.8. The fourth-order valence-electron chi connectivity index (χ4n) is 0.755. The Morgan fingerprint density at radius 1 is 1.50 bits per heavy atom. The molecule has 0 unspecified atom stereocenters. The number of nitrogens with one attached hydrogen (secondary N) is 1. The lowest BCUT2D eigenvalue weighted by molar-refractivity contribution is -0.120. The molecule has 3 heteroatoms. The summed E-state index contributed by atoms with van der Waals surface area (Å²) in [4.78, 5) is 13.0. The standard InChI is InChI=1S/C9H20N2O/c1-5-9(12)10-6-7-11(4)8(2)3/h8H,5-7H2,1-4H3,(H,10,12). The topological polar surface area (TPSA) is 32.3 Å². The molecule has 0 aromatic heterocycles. The zero-order valence-electron chi connectivity index (χ0n) is 8.55. The Morgan fingerprint density at radius 2 is 2.08 bits per heavy atom. The minimum Gasteiger partial charge on any atom is -0.355 e. The summed E-state index contributed by atoms with van der Waals surface area (Å²) < 4.78 is 0. The van der Waals surface area contributed by atoms with Gasteiger partial charge in [-0.1, -0.05) is 6.92 Å². The van der Waals surface area contributed by atoms with Gasteiger partial charge in [0.05, 0.1) is 0 Å². The van der Waals surface area contributed by atoms with E-state index in [1.54, 1.807) is 0 Å². The molecule has 0 spiro atoms. The third-order valence-corrected chi connectivity index (χ3v) is 1.99. The van der Waals surface area contributed by atoms with Crippen LogP contribution in [0, 0.1) is 0 Å². The summed E-state index contributed by atoms with van der Waals surface area (Å²) in [6.07, 6.45) is 0.575.